The summed E-state index contributed by atoms with van der Waals surface area (Å²) >= 11 is 0. The lowest BCUT2D eigenvalue weighted by atomic mass is 10.2. The zero-order valence-corrected chi connectivity index (χ0v) is 16.4. The van der Waals surface area contributed by atoms with Gasteiger partial charge < -0.3 is 14.7 Å². The maximum atomic E-state index is 14.3. The molecule has 0 bridgehead atoms. The lowest BCUT2D eigenvalue weighted by Gasteiger charge is -2.12. The van der Waals surface area contributed by atoms with E-state index in [1.807, 2.05) is 0 Å². The van der Waals surface area contributed by atoms with Crippen LogP contribution in [0.3, 0.4) is 0 Å². The van der Waals surface area contributed by atoms with E-state index in [2.05, 4.69) is 4.98 Å². The first-order valence-corrected chi connectivity index (χ1v) is 9.84. The minimum absolute atomic E-state index is 0.0248. The molecule has 0 spiro atoms. The number of aromatic nitrogens is 2. The van der Waals surface area contributed by atoms with Gasteiger partial charge in [-0.3, -0.25) is 0 Å². The predicted molar refractivity (Wildman–Crippen MR) is 103 cm³/mol. The van der Waals surface area contributed by atoms with Gasteiger partial charge in [0.05, 0.1) is 29.8 Å². The van der Waals surface area contributed by atoms with Crippen LogP contribution >= 0.6 is 0 Å². The van der Waals surface area contributed by atoms with E-state index in [0.717, 1.165) is 8.87 Å². The van der Waals surface area contributed by atoms with E-state index in [-0.39, 0.29) is 22.7 Å². The molecule has 0 saturated heterocycles. The first-order chi connectivity index (χ1) is 13.7. The van der Waals surface area contributed by atoms with Gasteiger partial charge >= 0.3 is 6.09 Å². The summed E-state index contributed by atoms with van der Waals surface area (Å²) < 4.78 is 46.9. The van der Waals surface area contributed by atoms with Crippen LogP contribution in [0.1, 0.15) is 5.56 Å². The van der Waals surface area contributed by atoms with Gasteiger partial charge in [-0.15, -0.1) is 0 Å². The zero-order chi connectivity index (χ0) is 21.2. The molecule has 0 atom stereocenters. The normalized spacial score (nSPS) is 11.3. The number of pyridine rings is 1. The van der Waals surface area contributed by atoms with Crippen molar-refractivity contribution < 1.29 is 27.4 Å². The van der Waals surface area contributed by atoms with Crippen molar-refractivity contribution in [1.82, 2.24) is 13.9 Å². The fourth-order valence-corrected chi connectivity index (χ4v) is 4.20. The Morgan fingerprint density at radius 3 is 2.69 bits per heavy atom. The van der Waals surface area contributed by atoms with Crippen LogP contribution in [-0.4, -0.2) is 47.6 Å². The van der Waals surface area contributed by atoms with Crippen molar-refractivity contribution in [3.05, 3.63) is 66.4 Å². The van der Waals surface area contributed by atoms with Crippen molar-refractivity contribution in [2.24, 2.45) is 0 Å². The summed E-state index contributed by atoms with van der Waals surface area (Å²) in [6.07, 6.45) is 1.35. The number of amides is 1. The quantitative estimate of drug-likeness (QED) is 0.616. The molecular formula is C19H18FN3O5S. The highest BCUT2D eigenvalue weighted by Crippen LogP contribution is 2.29. The highest BCUT2D eigenvalue weighted by Gasteiger charge is 2.24. The van der Waals surface area contributed by atoms with Crippen molar-refractivity contribution >= 4 is 16.1 Å². The number of hydrogen-bond acceptors (Lipinski definition) is 5. The van der Waals surface area contributed by atoms with Gasteiger partial charge in [0.25, 0.3) is 10.0 Å². The molecule has 1 amide bonds. The summed E-state index contributed by atoms with van der Waals surface area (Å²) in [7, 11) is -1.36. The Morgan fingerprint density at radius 2 is 2.03 bits per heavy atom. The Bertz CT molecular complexity index is 1160. The molecule has 29 heavy (non-hydrogen) atoms. The molecule has 3 rings (SSSR count). The Morgan fingerprint density at radius 1 is 1.28 bits per heavy atom. The summed E-state index contributed by atoms with van der Waals surface area (Å²) in [5, 5.41) is 9.09. The SMILES string of the molecule is COc1cccc(S(=O)(=O)n2cc(CN(C)C(=O)O)cc2-c2cccnc2F)c1. The first kappa shape index (κ1) is 20.3. The van der Waals surface area contributed by atoms with Crippen LogP contribution in [0.5, 0.6) is 5.75 Å². The van der Waals surface area contributed by atoms with Gasteiger partial charge in [-0.25, -0.2) is 22.2 Å². The van der Waals surface area contributed by atoms with Crippen LogP contribution in [-0.2, 0) is 16.6 Å². The second-order valence-corrected chi connectivity index (χ2v) is 8.01. The summed E-state index contributed by atoms with van der Waals surface area (Å²) in [5.41, 5.74) is 0.384. The lowest BCUT2D eigenvalue weighted by molar-refractivity contribution is 0.154. The molecule has 0 aliphatic rings. The maximum Gasteiger partial charge on any atom is 0.407 e. The molecule has 0 unspecified atom stereocenters. The highest BCUT2D eigenvalue weighted by atomic mass is 32.2. The largest absolute Gasteiger partial charge is 0.497 e. The number of carboxylic acid groups (broad SMARTS) is 1. The molecule has 2 heterocycles. The van der Waals surface area contributed by atoms with E-state index in [4.69, 9.17) is 9.84 Å². The third-order valence-electron chi connectivity index (χ3n) is 4.22. The smallest absolute Gasteiger partial charge is 0.407 e. The van der Waals surface area contributed by atoms with Crippen molar-refractivity contribution in [1.29, 1.82) is 0 Å². The van der Waals surface area contributed by atoms with Crippen molar-refractivity contribution in [2.45, 2.75) is 11.4 Å². The standard InChI is InChI=1S/C19H18FN3O5S/c1-22(19(24)25)11-13-9-17(16-7-4-8-21-18(16)20)23(12-13)29(26,27)15-6-3-5-14(10-15)28-2/h3-10,12H,11H2,1-2H3,(H,24,25). The highest BCUT2D eigenvalue weighted by molar-refractivity contribution is 7.90. The maximum absolute atomic E-state index is 14.3. The van der Waals surface area contributed by atoms with Crippen LogP contribution in [0.2, 0.25) is 0 Å². The summed E-state index contributed by atoms with van der Waals surface area (Å²) in [6.45, 7) is -0.0785. The Labute approximate surface area is 166 Å². The zero-order valence-electron chi connectivity index (χ0n) is 15.6. The predicted octanol–water partition coefficient (Wildman–Crippen LogP) is 3.04. The summed E-state index contributed by atoms with van der Waals surface area (Å²) in [4.78, 5) is 15.6. The van der Waals surface area contributed by atoms with Crippen LogP contribution in [0.25, 0.3) is 11.3 Å². The Balaban J connectivity index is 2.19. The fraction of sp³-hybridized carbons (Fsp3) is 0.158. The summed E-state index contributed by atoms with van der Waals surface area (Å²) in [5.74, 6) is -0.496. The minimum Gasteiger partial charge on any atom is -0.497 e. The lowest BCUT2D eigenvalue weighted by Crippen LogP contribution is -2.23. The van der Waals surface area contributed by atoms with Crippen molar-refractivity contribution in [3.8, 4) is 17.0 Å². The van der Waals surface area contributed by atoms with Gasteiger partial charge in [-0.05, 0) is 35.9 Å². The average Bonchev–Trinajstić information content (AvgIpc) is 3.12. The van der Waals surface area contributed by atoms with Gasteiger partial charge in [0.1, 0.15) is 5.75 Å². The molecule has 2 aromatic heterocycles. The van der Waals surface area contributed by atoms with Gasteiger partial charge in [0.2, 0.25) is 5.95 Å². The van der Waals surface area contributed by atoms with Crippen LogP contribution in [0, 0.1) is 5.95 Å². The van der Waals surface area contributed by atoms with Gasteiger partial charge in [0, 0.05) is 25.5 Å². The third kappa shape index (κ3) is 4.06. The second kappa shape index (κ2) is 7.92. The molecule has 152 valence electrons. The van der Waals surface area contributed by atoms with Crippen molar-refractivity contribution in [2.75, 3.05) is 14.2 Å². The van der Waals surface area contributed by atoms with E-state index >= 15 is 0 Å². The molecule has 3 aromatic rings. The molecule has 1 aromatic carbocycles. The van der Waals surface area contributed by atoms with E-state index in [1.54, 1.807) is 6.07 Å². The third-order valence-corrected chi connectivity index (χ3v) is 5.89. The average molecular weight is 419 g/mol. The van der Waals surface area contributed by atoms with E-state index < -0.39 is 22.1 Å². The number of nitrogens with zero attached hydrogens (tertiary/aromatic N) is 3. The molecule has 0 radical (unpaired) electrons. The van der Waals surface area contributed by atoms with E-state index in [0.29, 0.717) is 11.3 Å². The molecule has 1 N–H and O–H groups in total. The number of ether oxygens (including phenoxy) is 1. The number of carbonyl (C=O) groups is 1. The minimum atomic E-state index is -4.13. The first-order valence-electron chi connectivity index (χ1n) is 8.40. The van der Waals surface area contributed by atoms with Gasteiger partial charge in [-0.2, -0.15) is 4.39 Å². The number of methoxy groups -OCH3 is 1. The molecule has 0 saturated carbocycles. The molecule has 10 heteroatoms. The Kier molecular flexibility index (Phi) is 5.55. The molecule has 8 nitrogen and oxygen atoms in total. The molecule has 0 fully saturated rings. The molecular weight excluding hydrogens is 401 g/mol. The number of rotatable bonds is 6. The van der Waals surface area contributed by atoms with Crippen LogP contribution < -0.4 is 4.74 Å². The summed E-state index contributed by atoms with van der Waals surface area (Å²) in [6, 6.07) is 10.2. The van der Waals surface area contributed by atoms with Gasteiger partial charge in [0.15, 0.2) is 0 Å². The topological polar surface area (TPSA) is 102 Å². The molecule has 0 aliphatic heterocycles. The number of hydrogen-bond donors (Lipinski definition) is 1. The fourth-order valence-electron chi connectivity index (χ4n) is 2.77. The van der Waals surface area contributed by atoms with Crippen LogP contribution in [0.15, 0.2) is 59.8 Å². The second-order valence-electron chi connectivity index (χ2n) is 6.19. The van der Waals surface area contributed by atoms with Crippen molar-refractivity contribution in [3.63, 3.8) is 0 Å². The van der Waals surface area contributed by atoms with E-state index in [9.17, 15) is 17.6 Å². The van der Waals surface area contributed by atoms with Gasteiger partial charge in [-0.1, -0.05) is 6.07 Å². The molecule has 0 aliphatic carbocycles. The van der Waals surface area contributed by atoms with Crippen LogP contribution in [0.4, 0.5) is 9.18 Å². The number of halogens is 1. The van der Waals surface area contributed by atoms with E-state index in [1.165, 1.54) is 62.9 Å². The number of benzene rings is 1. The monoisotopic (exact) mass is 419 g/mol. The Hall–Kier alpha value is -3.40.